The Kier molecular flexibility index (Phi) is 4.39. The number of aromatic nitrogens is 1. The molecule has 3 N–H and O–H groups in total. The van der Waals surface area contributed by atoms with Gasteiger partial charge in [-0.2, -0.15) is 0 Å². The first-order valence-corrected chi connectivity index (χ1v) is 6.71. The fourth-order valence-electron chi connectivity index (χ4n) is 1.66. The van der Waals surface area contributed by atoms with Gasteiger partial charge < -0.3 is 10.9 Å². The number of hydrogen-bond donors (Lipinski definition) is 2. The van der Waals surface area contributed by atoms with Crippen molar-refractivity contribution in [3.05, 3.63) is 57.8 Å². The minimum atomic E-state index is -0.457. The van der Waals surface area contributed by atoms with Crippen molar-refractivity contribution in [1.29, 1.82) is 0 Å². The second kappa shape index (κ2) is 6.23. The molecule has 0 aliphatic heterocycles. The second-order valence-corrected chi connectivity index (χ2v) is 5.15. The number of rotatable bonds is 4. The lowest BCUT2D eigenvalue weighted by molar-refractivity contribution is -0.387. The van der Waals surface area contributed by atoms with E-state index in [4.69, 9.17) is 10.9 Å². The summed E-state index contributed by atoms with van der Waals surface area (Å²) in [5, 5.41) is 23.2. The van der Waals surface area contributed by atoms with Gasteiger partial charge in [0.1, 0.15) is 5.03 Å². The Bertz CT molecular complexity index is 718. The van der Waals surface area contributed by atoms with E-state index in [0.717, 1.165) is 17.5 Å². The first-order chi connectivity index (χ1) is 10.0. The number of nitro groups is 1. The lowest BCUT2D eigenvalue weighted by atomic mass is 10.2. The highest BCUT2D eigenvalue weighted by Crippen LogP contribution is 2.35. The lowest BCUT2D eigenvalue weighted by Crippen LogP contribution is -2.15. The van der Waals surface area contributed by atoms with Crippen molar-refractivity contribution in [2.45, 2.75) is 16.8 Å². The van der Waals surface area contributed by atoms with E-state index < -0.39 is 4.92 Å². The van der Waals surface area contributed by atoms with E-state index in [1.165, 1.54) is 6.07 Å². The van der Waals surface area contributed by atoms with Gasteiger partial charge in [-0.25, -0.2) is 4.98 Å². The lowest BCUT2D eigenvalue weighted by Gasteiger charge is -2.08. The van der Waals surface area contributed by atoms with Crippen LogP contribution in [0.3, 0.4) is 0 Å². The van der Waals surface area contributed by atoms with Gasteiger partial charge in [0.15, 0.2) is 5.84 Å². The Balaban J connectivity index is 2.49. The van der Waals surface area contributed by atoms with E-state index in [0.29, 0.717) is 15.5 Å². The van der Waals surface area contributed by atoms with Crippen LogP contribution in [0.1, 0.15) is 11.3 Å². The maximum Gasteiger partial charge on any atom is 0.283 e. The first kappa shape index (κ1) is 14.8. The summed E-state index contributed by atoms with van der Waals surface area (Å²) in [6.45, 7) is 1.79. The van der Waals surface area contributed by atoms with Crippen LogP contribution in [-0.2, 0) is 0 Å². The molecule has 0 unspecified atom stereocenters. The minimum Gasteiger partial charge on any atom is -0.409 e. The Morgan fingerprint density at radius 1 is 1.38 bits per heavy atom. The Morgan fingerprint density at radius 3 is 2.76 bits per heavy atom. The third-order valence-corrected chi connectivity index (χ3v) is 3.72. The van der Waals surface area contributed by atoms with E-state index in [1.807, 2.05) is 0 Å². The van der Waals surface area contributed by atoms with Gasteiger partial charge in [0.2, 0.25) is 0 Å². The standard InChI is InChI=1S/C13H12N4O3S/c1-8-6-7-9(12(14)16-18)13(15-8)21-11-5-3-2-4-10(11)17(19)20/h2-7,18H,1H3,(H2,14,16). The zero-order valence-electron chi connectivity index (χ0n) is 11.1. The number of aryl methyl sites for hydroxylation is 1. The van der Waals surface area contributed by atoms with Crippen LogP contribution >= 0.6 is 11.8 Å². The van der Waals surface area contributed by atoms with Gasteiger partial charge in [-0.3, -0.25) is 10.1 Å². The topological polar surface area (TPSA) is 115 Å². The molecule has 21 heavy (non-hydrogen) atoms. The highest BCUT2D eigenvalue weighted by molar-refractivity contribution is 7.99. The number of pyridine rings is 1. The molecule has 0 saturated heterocycles. The maximum atomic E-state index is 11.0. The smallest absolute Gasteiger partial charge is 0.283 e. The molecule has 2 aromatic rings. The molecule has 108 valence electrons. The highest BCUT2D eigenvalue weighted by atomic mass is 32.2. The molecule has 0 aliphatic rings. The van der Waals surface area contributed by atoms with Gasteiger partial charge >= 0.3 is 0 Å². The number of nitrogens with zero attached hydrogens (tertiary/aromatic N) is 3. The summed E-state index contributed by atoms with van der Waals surface area (Å²) in [5.74, 6) is -0.0939. The number of oxime groups is 1. The van der Waals surface area contributed by atoms with Crippen LogP contribution in [0, 0.1) is 17.0 Å². The summed E-state index contributed by atoms with van der Waals surface area (Å²) >= 11 is 1.10. The van der Waals surface area contributed by atoms with E-state index in [9.17, 15) is 10.1 Å². The van der Waals surface area contributed by atoms with Crippen LogP contribution in [0.4, 0.5) is 5.69 Å². The van der Waals surface area contributed by atoms with Crippen molar-refractivity contribution in [3.8, 4) is 0 Å². The molecule has 0 bridgehead atoms. The number of nitro benzene ring substituents is 1. The molecular weight excluding hydrogens is 292 g/mol. The molecule has 1 aromatic heterocycles. The van der Waals surface area contributed by atoms with Crippen LogP contribution in [0.2, 0.25) is 0 Å². The van der Waals surface area contributed by atoms with Crippen LogP contribution < -0.4 is 5.73 Å². The van der Waals surface area contributed by atoms with Crippen LogP contribution in [0.15, 0.2) is 51.5 Å². The normalized spacial score (nSPS) is 11.4. The number of benzene rings is 1. The fraction of sp³-hybridized carbons (Fsp3) is 0.0769. The Morgan fingerprint density at radius 2 is 2.10 bits per heavy atom. The quantitative estimate of drug-likeness (QED) is 0.295. The molecule has 7 nitrogen and oxygen atoms in total. The van der Waals surface area contributed by atoms with Gasteiger partial charge in [0.05, 0.1) is 15.4 Å². The molecule has 1 heterocycles. The van der Waals surface area contributed by atoms with Crippen LogP contribution in [0.5, 0.6) is 0 Å². The molecule has 0 amide bonds. The van der Waals surface area contributed by atoms with E-state index in [2.05, 4.69) is 10.1 Å². The molecular formula is C13H12N4O3S. The fourth-order valence-corrected chi connectivity index (χ4v) is 2.73. The van der Waals surface area contributed by atoms with Crippen LogP contribution in [-0.4, -0.2) is 21.0 Å². The average Bonchev–Trinajstić information content (AvgIpc) is 2.47. The SMILES string of the molecule is Cc1ccc(C(N)=NO)c(Sc2ccccc2[N+](=O)[O-])n1. The summed E-state index contributed by atoms with van der Waals surface area (Å²) in [6.07, 6.45) is 0. The summed E-state index contributed by atoms with van der Waals surface area (Å²) in [4.78, 5) is 15.3. The van der Waals surface area contributed by atoms with Crippen molar-refractivity contribution < 1.29 is 10.1 Å². The molecule has 0 atom stereocenters. The number of nitrogens with two attached hydrogens (primary N) is 1. The van der Waals surface area contributed by atoms with E-state index in [1.54, 1.807) is 37.3 Å². The van der Waals surface area contributed by atoms with Gasteiger partial charge in [-0.05, 0) is 25.1 Å². The number of amidine groups is 1. The van der Waals surface area contributed by atoms with E-state index in [-0.39, 0.29) is 11.5 Å². The van der Waals surface area contributed by atoms with Crippen molar-refractivity contribution >= 4 is 23.3 Å². The molecule has 0 spiro atoms. The maximum absolute atomic E-state index is 11.0. The van der Waals surface area contributed by atoms with Gasteiger partial charge in [-0.1, -0.05) is 29.1 Å². The molecule has 1 aromatic carbocycles. The van der Waals surface area contributed by atoms with Gasteiger partial charge in [0, 0.05) is 11.8 Å². The summed E-state index contributed by atoms with van der Waals surface area (Å²) < 4.78 is 0. The van der Waals surface area contributed by atoms with Crippen molar-refractivity contribution in [2.75, 3.05) is 0 Å². The second-order valence-electron chi connectivity index (χ2n) is 4.12. The van der Waals surface area contributed by atoms with Crippen molar-refractivity contribution in [2.24, 2.45) is 10.9 Å². The third-order valence-electron chi connectivity index (χ3n) is 2.65. The van der Waals surface area contributed by atoms with Crippen molar-refractivity contribution in [1.82, 2.24) is 4.98 Å². The zero-order valence-corrected chi connectivity index (χ0v) is 11.9. The first-order valence-electron chi connectivity index (χ1n) is 5.89. The summed E-state index contributed by atoms with van der Waals surface area (Å²) in [7, 11) is 0. The predicted molar refractivity (Wildman–Crippen MR) is 78.7 cm³/mol. The summed E-state index contributed by atoms with van der Waals surface area (Å²) in [5.41, 5.74) is 6.74. The monoisotopic (exact) mass is 304 g/mol. The largest absolute Gasteiger partial charge is 0.409 e. The Labute approximate surface area is 124 Å². The molecule has 0 saturated carbocycles. The number of hydrogen-bond acceptors (Lipinski definition) is 6. The minimum absolute atomic E-state index is 0.0173. The highest BCUT2D eigenvalue weighted by Gasteiger charge is 2.17. The third kappa shape index (κ3) is 3.29. The molecule has 0 fully saturated rings. The van der Waals surface area contributed by atoms with Gasteiger partial charge in [-0.15, -0.1) is 0 Å². The predicted octanol–water partition coefficient (Wildman–Crippen LogP) is 2.54. The van der Waals surface area contributed by atoms with Crippen molar-refractivity contribution in [3.63, 3.8) is 0 Å². The Hall–Kier alpha value is -2.61. The number of para-hydroxylation sites is 1. The summed E-state index contributed by atoms with van der Waals surface area (Å²) in [6, 6.07) is 9.72. The van der Waals surface area contributed by atoms with E-state index >= 15 is 0 Å². The zero-order chi connectivity index (χ0) is 15.4. The average molecular weight is 304 g/mol. The molecule has 2 rings (SSSR count). The van der Waals surface area contributed by atoms with Gasteiger partial charge in [0.25, 0.3) is 5.69 Å². The molecule has 0 radical (unpaired) electrons. The molecule has 0 aliphatic carbocycles. The van der Waals surface area contributed by atoms with Crippen LogP contribution in [0.25, 0.3) is 0 Å². The molecule has 8 heteroatoms.